The van der Waals surface area contributed by atoms with Gasteiger partial charge >= 0.3 is 0 Å². The molecule has 1 aliphatic rings. The molecular formula is C23H25N5O4S. The van der Waals surface area contributed by atoms with E-state index in [1.54, 1.807) is 0 Å². The number of amides is 2. The van der Waals surface area contributed by atoms with Gasteiger partial charge in [-0.1, -0.05) is 49.8 Å². The molecular weight excluding hydrogens is 442 g/mol. The fraction of sp³-hybridized carbons (Fsp3) is 0.391. The predicted molar refractivity (Wildman–Crippen MR) is 123 cm³/mol. The first-order chi connectivity index (χ1) is 15.9. The van der Waals surface area contributed by atoms with E-state index < -0.39 is 5.92 Å². The van der Waals surface area contributed by atoms with Gasteiger partial charge in [-0.05, 0) is 18.1 Å². The second-order valence-electron chi connectivity index (χ2n) is 8.17. The van der Waals surface area contributed by atoms with Crippen LogP contribution < -0.4 is 10.6 Å². The van der Waals surface area contributed by atoms with Crippen LogP contribution in [0.25, 0.3) is 11.5 Å². The second kappa shape index (κ2) is 10.0. The maximum Gasteiger partial charge on any atom is 0.247 e. The highest BCUT2D eigenvalue weighted by atomic mass is 32.1. The number of hydrogen-bond acceptors (Lipinski definition) is 8. The molecule has 0 bridgehead atoms. The molecule has 0 fully saturated rings. The fourth-order valence-electron chi connectivity index (χ4n) is 3.53. The predicted octanol–water partition coefficient (Wildman–Crippen LogP) is 3.63. The summed E-state index contributed by atoms with van der Waals surface area (Å²) in [6.45, 7) is 4.12. The van der Waals surface area contributed by atoms with Crippen LogP contribution in [-0.4, -0.2) is 32.8 Å². The first kappa shape index (κ1) is 22.8. The number of aromatic nitrogens is 3. The highest BCUT2D eigenvalue weighted by Gasteiger charge is 2.33. The molecule has 0 spiro atoms. The summed E-state index contributed by atoms with van der Waals surface area (Å²) in [4.78, 5) is 42.4. The molecule has 172 valence electrons. The van der Waals surface area contributed by atoms with Crippen LogP contribution in [0.2, 0.25) is 0 Å². The lowest BCUT2D eigenvalue weighted by atomic mass is 9.89. The van der Waals surface area contributed by atoms with E-state index in [-0.39, 0.29) is 42.4 Å². The second-order valence-corrected chi connectivity index (χ2v) is 9.17. The summed E-state index contributed by atoms with van der Waals surface area (Å²) in [7, 11) is 0. The molecule has 2 heterocycles. The molecule has 2 atom stereocenters. The maximum atomic E-state index is 12.7. The van der Waals surface area contributed by atoms with Crippen LogP contribution in [0.3, 0.4) is 0 Å². The Bertz CT molecular complexity index is 1160. The average Bonchev–Trinajstić information content (AvgIpc) is 3.45. The lowest BCUT2D eigenvalue weighted by Gasteiger charge is -2.19. The third-order valence-corrected chi connectivity index (χ3v) is 6.63. The van der Waals surface area contributed by atoms with Gasteiger partial charge in [0.15, 0.2) is 10.9 Å². The molecule has 1 aromatic carbocycles. The number of nitrogens with one attached hydrogen (secondary N) is 2. The number of hydrogen-bond donors (Lipinski definition) is 2. The number of benzene rings is 1. The lowest BCUT2D eigenvalue weighted by Crippen LogP contribution is -2.35. The Labute approximate surface area is 195 Å². The van der Waals surface area contributed by atoms with E-state index in [2.05, 4.69) is 25.8 Å². The van der Waals surface area contributed by atoms with E-state index >= 15 is 0 Å². The summed E-state index contributed by atoms with van der Waals surface area (Å²) in [6, 6.07) is 9.35. The van der Waals surface area contributed by atoms with E-state index in [0.717, 1.165) is 12.0 Å². The van der Waals surface area contributed by atoms with Crippen LogP contribution in [0.4, 0.5) is 5.13 Å². The molecule has 1 aliphatic carbocycles. The van der Waals surface area contributed by atoms with Crippen molar-refractivity contribution in [2.75, 3.05) is 5.32 Å². The Morgan fingerprint density at radius 2 is 2.00 bits per heavy atom. The van der Waals surface area contributed by atoms with Gasteiger partial charge in [0.1, 0.15) is 0 Å². The summed E-state index contributed by atoms with van der Waals surface area (Å²) >= 11 is 1.17. The topological polar surface area (TPSA) is 127 Å². The fourth-order valence-corrected chi connectivity index (χ4v) is 4.49. The van der Waals surface area contributed by atoms with Crippen molar-refractivity contribution in [2.45, 2.75) is 46.1 Å². The van der Waals surface area contributed by atoms with E-state index in [1.807, 2.05) is 44.2 Å². The van der Waals surface area contributed by atoms with Crippen molar-refractivity contribution in [3.05, 3.63) is 46.8 Å². The minimum atomic E-state index is -0.535. The maximum absolute atomic E-state index is 12.7. The number of fused-ring (bicyclic) bond motifs is 1. The van der Waals surface area contributed by atoms with Gasteiger partial charge in [0.25, 0.3) is 0 Å². The summed E-state index contributed by atoms with van der Waals surface area (Å²) in [5.41, 5.74) is 1.35. The summed E-state index contributed by atoms with van der Waals surface area (Å²) in [5.74, 6) is -0.132. The lowest BCUT2D eigenvalue weighted by molar-refractivity contribution is -0.125. The summed E-state index contributed by atoms with van der Waals surface area (Å²) in [5, 5.41) is 13.9. The Morgan fingerprint density at radius 1 is 1.21 bits per heavy atom. The number of carbonyl (C=O) groups excluding carboxylic acids is 3. The Balaban J connectivity index is 1.34. The van der Waals surface area contributed by atoms with Crippen LogP contribution in [0.1, 0.15) is 54.4 Å². The van der Waals surface area contributed by atoms with Gasteiger partial charge in [0, 0.05) is 24.8 Å². The zero-order chi connectivity index (χ0) is 23.4. The Kier molecular flexibility index (Phi) is 6.93. The summed E-state index contributed by atoms with van der Waals surface area (Å²) < 4.78 is 5.61. The Hall–Kier alpha value is -3.40. The highest BCUT2D eigenvalue weighted by Crippen LogP contribution is 2.32. The average molecular weight is 468 g/mol. The number of thiazole rings is 1. The quantitative estimate of drug-likeness (QED) is 0.518. The van der Waals surface area contributed by atoms with E-state index in [9.17, 15) is 14.4 Å². The van der Waals surface area contributed by atoms with Gasteiger partial charge in [-0.25, -0.2) is 4.98 Å². The van der Waals surface area contributed by atoms with Crippen molar-refractivity contribution >= 4 is 34.1 Å². The Morgan fingerprint density at radius 3 is 2.76 bits per heavy atom. The molecule has 3 aromatic rings. The molecule has 9 nitrogen and oxygen atoms in total. The zero-order valence-electron chi connectivity index (χ0n) is 18.5. The molecule has 0 aliphatic heterocycles. The SMILES string of the molecule is CC[C@@H](C)CC(=O)Nc1nc2c(s1)C(=O)C[C@H](C(=O)NCc1nnc(-c3ccccc3)o1)C2. The van der Waals surface area contributed by atoms with Gasteiger partial charge in [0.2, 0.25) is 23.6 Å². The number of ketones is 1. The van der Waals surface area contributed by atoms with Gasteiger partial charge in [-0.15, -0.1) is 10.2 Å². The standard InChI is InChI=1S/C23H25N5O4S/c1-3-13(2)9-18(30)26-23-25-16-10-15(11-17(29)20(16)33-23)21(31)24-12-19-27-28-22(32-19)14-7-5-4-6-8-14/h4-8,13,15H,3,9-12H2,1-2H3,(H,24,31)(H,25,26,30)/t13-,15-/m1/s1. The van der Waals surface area contributed by atoms with Crippen molar-refractivity contribution in [3.8, 4) is 11.5 Å². The van der Waals surface area contributed by atoms with Crippen LogP contribution >= 0.6 is 11.3 Å². The molecule has 2 aromatic heterocycles. The number of nitrogens with zero attached hydrogens (tertiary/aromatic N) is 3. The first-order valence-electron chi connectivity index (χ1n) is 10.9. The third-order valence-electron chi connectivity index (χ3n) is 5.57. The summed E-state index contributed by atoms with van der Waals surface area (Å²) in [6.07, 6.45) is 1.75. The van der Waals surface area contributed by atoms with Gasteiger partial charge in [0.05, 0.1) is 23.0 Å². The monoisotopic (exact) mass is 467 g/mol. The number of anilines is 1. The van der Waals surface area contributed by atoms with Gasteiger partial charge in [-0.3, -0.25) is 14.4 Å². The largest absolute Gasteiger partial charge is 0.419 e. The van der Waals surface area contributed by atoms with Crippen LogP contribution in [0.5, 0.6) is 0 Å². The highest BCUT2D eigenvalue weighted by molar-refractivity contribution is 7.17. The first-order valence-corrected chi connectivity index (χ1v) is 11.7. The minimum absolute atomic E-state index is 0.0736. The number of carbonyl (C=O) groups is 3. The number of Topliss-reactive ketones (excluding diaryl/α,β-unsaturated/α-hetero) is 1. The molecule has 2 amide bonds. The zero-order valence-corrected chi connectivity index (χ0v) is 19.3. The van der Waals surface area contributed by atoms with E-state index in [1.165, 1.54) is 11.3 Å². The minimum Gasteiger partial charge on any atom is -0.419 e. The van der Waals surface area contributed by atoms with E-state index in [4.69, 9.17) is 4.42 Å². The van der Waals surface area contributed by atoms with Crippen molar-refractivity contribution in [1.29, 1.82) is 0 Å². The number of rotatable bonds is 8. The smallest absolute Gasteiger partial charge is 0.247 e. The van der Waals surface area contributed by atoms with E-state index in [0.29, 0.717) is 34.4 Å². The molecule has 0 unspecified atom stereocenters. The van der Waals surface area contributed by atoms with Crippen molar-refractivity contribution in [3.63, 3.8) is 0 Å². The van der Waals surface area contributed by atoms with Crippen LogP contribution in [0, 0.1) is 11.8 Å². The van der Waals surface area contributed by atoms with Crippen LogP contribution in [0.15, 0.2) is 34.7 Å². The third kappa shape index (κ3) is 5.51. The van der Waals surface area contributed by atoms with Crippen molar-refractivity contribution < 1.29 is 18.8 Å². The molecule has 10 heteroatoms. The van der Waals surface area contributed by atoms with Gasteiger partial charge < -0.3 is 15.1 Å². The molecule has 0 radical (unpaired) electrons. The van der Waals surface area contributed by atoms with Crippen LogP contribution in [-0.2, 0) is 22.6 Å². The van der Waals surface area contributed by atoms with Gasteiger partial charge in [-0.2, -0.15) is 0 Å². The molecule has 0 saturated carbocycles. The molecule has 2 N–H and O–H groups in total. The molecule has 4 rings (SSSR count). The molecule has 0 saturated heterocycles. The van der Waals surface area contributed by atoms with Crippen molar-refractivity contribution in [1.82, 2.24) is 20.5 Å². The normalized spacial score (nSPS) is 16.2. The molecule has 33 heavy (non-hydrogen) atoms. The van der Waals surface area contributed by atoms with Crippen molar-refractivity contribution in [2.24, 2.45) is 11.8 Å².